The summed E-state index contributed by atoms with van der Waals surface area (Å²) in [6.45, 7) is 1.61. The third-order valence-corrected chi connectivity index (χ3v) is 3.50. The maximum Gasteiger partial charge on any atom is 0.226 e. The number of carbonyl (C=O) groups is 1. The van der Waals surface area contributed by atoms with Crippen molar-refractivity contribution in [1.82, 2.24) is 5.32 Å². The summed E-state index contributed by atoms with van der Waals surface area (Å²) < 4.78 is 0. The minimum atomic E-state index is -0.512. The predicted octanol–water partition coefficient (Wildman–Crippen LogP) is 0.426. The molecule has 1 rings (SSSR count). The minimum Gasteiger partial charge on any atom is -0.394 e. The van der Waals surface area contributed by atoms with Gasteiger partial charge in [0.05, 0.1) is 19.3 Å². The van der Waals surface area contributed by atoms with Gasteiger partial charge in [0.2, 0.25) is 5.91 Å². The molecular formula is C11H21NO3. The van der Waals surface area contributed by atoms with Crippen molar-refractivity contribution in [2.24, 2.45) is 5.41 Å². The molecule has 0 saturated heterocycles. The number of hydrogen-bond donors (Lipinski definition) is 3. The molecule has 0 aromatic carbocycles. The zero-order valence-corrected chi connectivity index (χ0v) is 9.33. The first kappa shape index (κ1) is 12.5. The van der Waals surface area contributed by atoms with Crippen molar-refractivity contribution >= 4 is 5.91 Å². The second kappa shape index (κ2) is 5.47. The molecule has 1 fully saturated rings. The van der Waals surface area contributed by atoms with Gasteiger partial charge in [0.25, 0.3) is 0 Å². The zero-order valence-electron chi connectivity index (χ0n) is 9.33. The third-order valence-electron chi connectivity index (χ3n) is 3.50. The van der Waals surface area contributed by atoms with Gasteiger partial charge in [-0.3, -0.25) is 4.79 Å². The van der Waals surface area contributed by atoms with Crippen molar-refractivity contribution in [3.05, 3.63) is 0 Å². The maximum absolute atomic E-state index is 12.0. The summed E-state index contributed by atoms with van der Waals surface area (Å²) in [7, 11) is 0. The summed E-state index contributed by atoms with van der Waals surface area (Å²) in [5.74, 6) is -0.00407. The summed E-state index contributed by atoms with van der Waals surface area (Å²) >= 11 is 0. The fourth-order valence-corrected chi connectivity index (χ4v) is 2.28. The van der Waals surface area contributed by atoms with Crippen LogP contribution in [0, 0.1) is 5.41 Å². The normalized spacial score (nSPS) is 19.5. The average Bonchev–Trinajstić information content (AvgIpc) is 2.75. The van der Waals surface area contributed by atoms with Gasteiger partial charge in [-0.2, -0.15) is 0 Å². The van der Waals surface area contributed by atoms with E-state index < -0.39 is 6.04 Å². The molecule has 0 aromatic heterocycles. The van der Waals surface area contributed by atoms with E-state index in [1.165, 1.54) is 0 Å². The Hall–Kier alpha value is -0.610. The molecule has 0 bridgehead atoms. The van der Waals surface area contributed by atoms with E-state index in [1.807, 2.05) is 6.92 Å². The molecule has 0 unspecified atom stereocenters. The lowest BCUT2D eigenvalue weighted by Gasteiger charge is -2.28. The number of aliphatic hydroxyl groups is 2. The standard InChI is InChI=1S/C11H21NO3/c1-2-11(5-3-4-6-11)10(15)12-9(7-13)8-14/h9,13-14H,2-8H2,1H3,(H,12,15). The van der Waals surface area contributed by atoms with Gasteiger partial charge in [0.15, 0.2) is 0 Å². The van der Waals surface area contributed by atoms with Crippen LogP contribution in [-0.4, -0.2) is 35.4 Å². The molecular weight excluding hydrogens is 194 g/mol. The molecule has 3 N–H and O–H groups in total. The largest absolute Gasteiger partial charge is 0.394 e. The third kappa shape index (κ3) is 2.69. The lowest BCUT2D eigenvalue weighted by atomic mass is 9.82. The van der Waals surface area contributed by atoms with E-state index in [1.54, 1.807) is 0 Å². The molecule has 0 spiro atoms. The highest BCUT2D eigenvalue weighted by atomic mass is 16.3. The van der Waals surface area contributed by atoms with E-state index in [0.29, 0.717) is 0 Å². The second-order valence-corrected chi connectivity index (χ2v) is 4.38. The van der Waals surface area contributed by atoms with Gasteiger partial charge in [-0.15, -0.1) is 0 Å². The SMILES string of the molecule is CCC1(C(=O)NC(CO)CO)CCCC1. The maximum atomic E-state index is 12.0. The highest BCUT2D eigenvalue weighted by Gasteiger charge is 2.39. The molecule has 0 aliphatic heterocycles. The molecule has 0 atom stereocenters. The minimum absolute atomic E-state index is 0.00407. The molecule has 15 heavy (non-hydrogen) atoms. The van der Waals surface area contributed by atoms with Gasteiger partial charge in [-0.05, 0) is 19.3 Å². The molecule has 1 aliphatic carbocycles. The Balaban J connectivity index is 2.57. The van der Waals surface area contributed by atoms with Crippen LogP contribution in [0.1, 0.15) is 39.0 Å². The molecule has 0 heterocycles. The number of amides is 1. The number of carbonyl (C=O) groups excluding carboxylic acids is 1. The van der Waals surface area contributed by atoms with Crippen LogP contribution in [0.3, 0.4) is 0 Å². The average molecular weight is 215 g/mol. The highest BCUT2D eigenvalue weighted by molar-refractivity contribution is 5.83. The summed E-state index contributed by atoms with van der Waals surface area (Å²) in [6.07, 6.45) is 4.90. The van der Waals surface area contributed by atoms with E-state index in [9.17, 15) is 4.79 Å². The van der Waals surface area contributed by atoms with Gasteiger partial charge in [-0.25, -0.2) is 0 Å². The van der Waals surface area contributed by atoms with Crippen LogP contribution < -0.4 is 5.32 Å². The fraction of sp³-hybridized carbons (Fsp3) is 0.909. The van der Waals surface area contributed by atoms with Gasteiger partial charge in [0, 0.05) is 5.41 Å². The first-order valence-corrected chi connectivity index (χ1v) is 5.71. The van der Waals surface area contributed by atoms with E-state index in [2.05, 4.69) is 5.32 Å². The first-order chi connectivity index (χ1) is 7.18. The molecule has 1 saturated carbocycles. The molecule has 88 valence electrons. The molecule has 4 nitrogen and oxygen atoms in total. The van der Waals surface area contributed by atoms with Crippen LogP contribution in [0.4, 0.5) is 0 Å². The quantitative estimate of drug-likeness (QED) is 0.622. The Morgan fingerprint density at radius 1 is 1.33 bits per heavy atom. The number of aliphatic hydroxyl groups excluding tert-OH is 2. The highest BCUT2D eigenvalue weighted by Crippen LogP contribution is 2.41. The second-order valence-electron chi connectivity index (χ2n) is 4.38. The molecule has 4 heteroatoms. The number of hydrogen-bond acceptors (Lipinski definition) is 3. The molecule has 0 aromatic rings. The summed E-state index contributed by atoms with van der Waals surface area (Å²) in [6, 6.07) is -0.512. The summed E-state index contributed by atoms with van der Waals surface area (Å²) in [5, 5.41) is 20.5. The summed E-state index contributed by atoms with van der Waals surface area (Å²) in [5.41, 5.74) is -0.247. The topological polar surface area (TPSA) is 69.6 Å². The fourth-order valence-electron chi connectivity index (χ4n) is 2.28. The van der Waals surface area contributed by atoms with Crippen LogP contribution in [0.2, 0.25) is 0 Å². The number of rotatable bonds is 5. The van der Waals surface area contributed by atoms with Crippen molar-refractivity contribution in [3.63, 3.8) is 0 Å². The Bertz CT molecular complexity index is 208. The van der Waals surface area contributed by atoms with Gasteiger partial charge < -0.3 is 15.5 Å². The molecule has 0 radical (unpaired) electrons. The monoisotopic (exact) mass is 215 g/mol. The predicted molar refractivity (Wildman–Crippen MR) is 57.3 cm³/mol. The van der Waals surface area contributed by atoms with Crippen molar-refractivity contribution < 1.29 is 15.0 Å². The summed E-state index contributed by atoms with van der Waals surface area (Å²) in [4.78, 5) is 12.0. The van der Waals surface area contributed by atoms with Gasteiger partial charge in [-0.1, -0.05) is 19.8 Å². The smallest absolute Gasteiger partial charge is 0.226 e. The van der Waals surface area contributed by atoms with E-state index in [-0.39, 0.29) is 24.5 Å². The van der Waals surface area contributed by atoms with Crippen LogP contribution in [0.25, 0.3) is 0 Å². The lowest BCUT2D eigenvalue weighted by molar-refractivity contribution is -0.132. The van der Waals surface area contributed by atoms with Crippen LogP contribution in [-0.2, 0) is 4.79 Å². The van der Waals surface area contributed by atoms with Gasteiger partial charge >= 0.3 is 0 Å². The lowest BCUT2D eigenvalue weighted by Crippen LogP contribution is -2.47. The Labute approximate surface area is 90.7 Å². The van der Waals surface area contributed by atoms with Crippen molar-refractivity contribution in [3.8, 4) is 0 Å². The van der Waals surface area contributed by atoms with Crippen LogP contribution in [0.5, 0.6) is 0 Å². The van der Waals surface area contributed by atoms with Crippen LogP contribution in [0.15, 0.2) is 0 Å². The van der Waals surface area contributed by atoms with Crippen LogP contribution >= 0.6 is 0 Å². The van der Waals surface area contributed by atoms with Crippen molar-refractivity contribution in [1.29, 1.82) is 0 Å². The van der Waals surface area contributed by atoms with E-state index in [4.69, 9.17) is 10.2 Å². The van der Waals surface area contributed by atoms with Gasteiger partial charge in [0.1, 0.15) is 0 Å². The zero-order chi connectivity index (χ0) is 11.3. The molecule has 1 aliphatic rings. The van der Waals surface area contributed by atoms with E-state index >= 15 is 0 Å². The van der Waals surface area contributed by atoms with Crippen molar-refractivity contribution in [2.45, 2.75) is 45.1 Å². The first-order valence-electron chi connectivity index (χ1n) is 5.71. The Kier molecular flexibility index (Phi) is 4.54. The van der Waals surface area contributed by atoms with E-state index in [0.717, 1.165) is 32.1 Å². The number of nitrogens with one attached hydrogen (secondary N) is 1. The Morgan fingerprint density at radius 2 is 1.87 bits per heavy atom. The molecule has 1 amide bonds. The van der Waals surface area contributed by atoms with Crippen molar-refractivity contribution in [2.75, 3.05) is 13.2 Å². The Morgan fingerprint density at radius 3 is 2.27 bits per heavy atom.